The van der Waals surface area contributed by atoms with E-state index in [0.29, 0.717) is 11.6 Å². The van der Waals surface area contributed by atoms with Crippen LogP contribution in [0.5, 0.6) is 0 Å². The molecule has 1 fully saturated rings. The fourth-order valence-electron chi connectivity index (χ4n) is 2.65. The maximum atomic E-state index is 12.6. The van der Waals surface area contributed by atoms with E-state index in [-0.39, 0.29) is 29.8 Å². The van der Waals surface area contributed by atoms with Crippen LogP contribution in [0.25, 0.3) is 0 Å². The van der Waals surface area contributed by atoms with Crippen LogP contribution in [0.15, 0.2) is 53.7 Å². The largest absolute Gasteiger partial charge is 0.335 e. The van der Waals surface area contributed by atoms with E-state index in [9.17, 15) is 13.2 Å². The van der Waals surface area contributed by atoms with Crippen molar-refractivity contribution in [2.24, 2.45) is 0 Å². The quantitative estimate of drug-likeness (QED) is 0.747. The lowest BCUT2D eigenvalue weighted by atomic mass is 10.2. The number of benzene rings is 1. The molecule has 1 aliphatic rings. The number of hydrogen-bond acceptors (Lipinski definition) is 4. The molecule has 1 saturated carbocycles. The predicted octanol–water partition coefficient (Wildman–Crippen LogP) is 2.59. The number of amides is 1. The lowest BCUT2D eigenvalue weighted by Crippen LogP contribution is -2.35. The summed E-state index contributed by atoms with van der Waals surface area (Å²) in [5.41, 5.74) is 1.01. The van der Waals surface area contributed by atoms with Crippen LogP contribution in [0.2, 0.25) is 5.02 Å². The van der Waals surface area contributed by atoms with Gasteiger partial charge in [0.05, 0.1) is 4.90 Å². The highest BCUT2D eigenvalue weighted by atomic mass is 35.5. The smallest absolute Gasteiger partial charge is 0.240 e. The van der Waals surface area contributed by atoms with Crippen LogP contribution in [-0.2, 0) is 21.4 Å². The van der Waals surface area contributed by atoms with E-state index in [1.165, 1.54) is 12.1 Å². The second kappa shape index (κ2) is 8.16. The van der Waals surface area contributed by atoms with Gasteiger partial charge in [0.15, 0.2) is 0 Å². The number of halogens is 1. The Bertz CT molecular complexity index is 870. The lowest BCUT2D eigenvalue weighted by molar-refractivity contribution is -0.132. The first kappa shape index (κ1) is 18.8. The minimum atomic E-state index is -3.68. The summed E-state index contributed by atoms with van der Waals surface area (Å²) in [5.74, 6) is -0.0573. The Kier molecular flexibility index (Phi) is 5.90. The second-order valence-electron chi connectivity index (χ2n) is 6.21. The summed E-state index contributed by atoms with van der Waals surface area (Å²) in [4.78, 5) is 18.5. The average molecular weight is 394 g/mol. The van der Waals surface area contributed by atoms with Gasteiger partial charge in [-0.2, -0.15) is 0 Å². The molecule has 0 bridgehead atoms. The van der Waals surface area contributed by atoms with Crippen LogP contribution < -0.4 is 4.72 Å². The summed E-state index contributed by atoms with van der Waals surface area (Å²) in [5, 5.41) is 0.348. The van der Waals surface area contributed by atoms with Gasteiger partial charge in [-0.3, -0.25) is 9.78 Å². The Hall–Kier alpha value is -1.96. The highest BCUT2D eigenvalue weighted by molar-refractivity contribution is 7.89. The molecule has 1 heterocycles. The maximum Gasteiger partial charge on any atom is 0.240 e. The molecule has 2 aromatic rings. The van der Waals surface area contributed by atoms with Crippen molar-refractivity contribution in [1.82, 2.24) is 14.6 Å². The van der Waals surface area contributed by atoms with Gasteiger partial charge in [0.25, 0.3) is 0 Å². The molecule has 1 N–H and O–H groups in total. The van der Waals surface area contributed by atoms with Gasteiger partial charge in [-0.25, -0.2) is 13.1 Å². The molecule has 0 aliphatic heterocycles. The van der Waals surface area contributed by atoms with E-state index in [1.54, 1.807) is 24.5 Å². The van der Waals surface area contributed by atoms with Crippen molar-refractivity contribution in [1.29, 1.82) is 0 Å². The molecule has 0 spiro atoms. The van der Waals surface area contributed by atoms with Crippen LogP contribution in [-0.4, -0.2) is 36.8 Å². The lowest BCUT2D eigenvalue weighted by Gasteiger charge is -2.22. The molecule has 138 valence electrons. The van der Waals surface area contributed by atoms with Crippen LogP contribution in [0.4, 0.5) is 0 Å². The van der Waals surface area contributed by atoms with Crippen LogP contribution in [0.1, 0.15) is 24.8 Å². The first-order valence-corrected chi connectivity index (χ1v) is 10.3. The number of pyridine rings is 1. The third-order valence-corrected chi connectivity index (χ3v) is 5.84. The fourth-order valence-corrected chi connectivity index (χ4v) is 3.98. The zero-order chi connectivity index (χ0) is 18.6. The Morgan fingerprint density at radius 2 is 1.96 bits per heavy atom. The molecule has 26 heavy (non-hydrogen) atoms. The van der Waals surface area contributed by atoms with Gasteiger partial charge in [-0.1, -0.05) is 17.7 Å². The van der Waals surface area contributed by atoms with E-state index >= 15 is 0 Å². The first-order chi connectivity index (χ1) is 12.5. The number of nitrogens with zero attached hydrogens (tertiary/aromatic N) is 2. The van der Waals surface area contributed by atoms with Crippen molar-refractivity contribution >= 4 is 27.5 Å². The molecule has 0 atom stereocenters. The molecular formula is C18H20ClN3O3S. The zero-order valence-corrected chi connectivity index (χ0v) is 15.7. The number of carbonyl (C=O) groups is 1. The van der Waals surface area contributed by atoms with Gasteiger partial charge >= 0.3 is 0 Å². The van der Waals surface area contributed by atoms with Crippen molar-refractivity contribution in [2.75, 3.05) is 6.54 Å². The van der Waals surface area contributed by atoms with Gasteiger partial charge < -0.3 is 4.90 Å². The molecule has 6 nitrogen and oxygen atoms in total. The average Bonchev–Trinajstić information content (AvgIpc) is 3.45. The van der Waals surface area contributed by atoms with Crippen LogP contribution in [0.3, 0.4) is 0 Å². The standard InChI is InChI=1S/C18H20ClN3O3S/c19-15-2-1-3-17(12-15)26(24,25)21-11-8-18(23)22(16-4-5-16)13-14-6-9-20-10-7-14/h1-3,6-7,9-10,12,16,21H,4-5,8,11,13H2. The monoisotopic (exact) mass is 393 g/mol. The normalized spacial score (nSPS) is 14.2. The predicted molar refractivity (Wildman–Crippen MR) is 99.1 cm³/mol. The molecule has 1 amide bonds. The fraction of sp³-hybridized carbons (Fsp3) is 0.333. The van der Waals surface area contributed by atoms with E-state index in [4.69, 9.17) is 11.6 Å². The minimum Gasteiger partial charge on any atom is -0.335 e. The van der Waals surface area contributed by atoms with E-state index in [1.807, 2.05) is 17.0 Å². The van der Waals surface area contributed by atoms with Crippen molar-refractivity contribution in [3.63, 3.8) is 0 Å². The maximum absolute atomic E-state index is 12.6. The third-order valence-electron chi connectivity index (χ3n) is 4.15. The Morgan fingerprint density at radius 3 is 2.62 bits per heavy atom. The van der Waals surface area contributed by atoms with E-state index < -0.39 is 10.0 Å². The van der Waals surface area contributed by atoms with Gasteiger partial charge in [0.1, 0.15) is 0 Å². The molecule has 8 heteroatoms. The van der Waals surface area contributed by atoms with Gasteiger partial charge in [0, 0.05) is 43.0 Å². The van der Waals surface area contributed by atoms with E-state index in [2.05, 4.69) is 9.71 Å². The number of hydrogen-bond donors (Lipinski definition) is 1. The Balaban J connectivity index is 1.57. The number of aromatic nitrogens is 1. The summed E-state index contributed by atoms with van der Waals surface area (Å²) in [7, 11) is -3.68. The molecular weight excluding hydrogens is 374 g/mol. The summed E-state index contributed by atoms with van der Waals surface area (Å²) in [6, 6.07) is 10.0. The third kappa shape index (κ3) is 5.03. The number of rotatable bonds is 8. The number of carbonyl (C=O) groups excluding carboxylic acids is 1. The number of nitrogens with one attached hydrogen (secondary N) is 1. The molecule has 1 aliphatic carbocycles. The van der Waals surface area contributed by atoms with Crippen molar-refractivity contribution in [2.45, 2.75) is 36.7 Å². The van der Waals surface area contributed by atoms with Crippen LogP contribution in [0, 0.1) is 0 Å². The molecule has 0 saturated heterocycles. The topological polar surface area (TPSA) is 79.4 Å². The summed E-state index contributed by atoms with van der Waals surface area (Å²) < 4.78 is 27.0. The summed E-state index contributed by atoms with van der Waals surface area (Å²) in [6.45, 7) is 0.570. The van der Waals surface area contributed by atoms with Gasteiger partial charge in [-0.15, -0.1) is 0 Å². The van der Waals surface area contributed by atoms with E-state index in [0.717, 1.165) is 18.4 Å². The highest BCUT2D eigenvalue weighted by Gasteiger charge is 2.32. The summed E-state index contributed by atoms with van der Waals surface area (Å²) in [6.07, 6.45) is 5.49. The van der Waals surface area contributed by atoms with Gasteiger partial charge in [0.2, 0.25) is 15.9 Å². The first-order valence-electron chi connectivity index (χ1n) is 8.39. The zero-order valence-electron chi connectivity index (χ0n) is 14.1. The minimum absolute atomic E-state index is 0.0489. The van der Waals surface area contributed by atoms with Crippen LogP contribution >= 0.6 is 11.6 Å². The SMILES string of the molecule is O=C(CCNS(=O)(=O)c1cccc(Cl)c1)N(Cc1ccncc1)C1CC1. The Labute approximate surface area is 158 Å². The molecule has 0 radical (unpaired) electrons. The Morgan fingerprint density at radius 1 is 1.23 bits per heavy atom. The summed E-state index contributed by atoms with van der Waals surface area (Å²) >= 11 is 5.84. The molecule has 0 unspecified atom stereocenters. The van der Waals surface area contributed by atoms with Crippen molar-refractivity contribution in [3.8, 4) is 0 Å². The van der Waals surface area contributed by atoms with Crippen molar-refractivity contribution in [3.05, 3.63) is 59.4 Å². The molecule has 1 aromatic heterocycles. The molecule has 3 rings (SSSR count). The number of sulfonamides is 1. The molecule has 1 aromatic carbocycles. The highest BCUT2D eigenvalue weighted by Crippen LogP contribution is 2.28. The van der Waals surface area contributed by atoms with Crippen molar-refractivity contribution < 1.29 is 13.2 Å². The second-order valence-corrected chi connectivity index (χ2v) is 8.42. The van der Waals surface area contributed by atoms with Gasteiger partial charge in [-0.05, 0) is 48.7 Å².